The van der Waals surface area contributed by atoms with Gasteiger partial charge in [-0.05, 0) is 0 Å². The molecule has 4 aromatic carbocycles. The van der Waals surface area contributed by atoms with E-state index in [0.29, 0.717) is 45.9 Å². The summed E-state index contributed by atoms with van der Waals surface area (Å²) in [6, 6.07) is 32.2. The van der Waals surface area contributed by atoms with Gasteiger partial charge in [0.05, 0.1) is 0 Å². The summed E-state index contributed by atoms with van der Waals surface area (Å²) < 4.78 is 0. The Kier molecular flexibility index (Phi) is 5.63. The van der Waals surface area contributed by atoms with Crippen molar-refractivity contribution in [2.24, 2.45) is 0 Å². The summed E-state index contributed by atoms with van der Waals surface area (Å²) in [5.41, 5.74) is 6.45. The van der Waals surface area contributed by atoms with Crippen LogP contribution in [0.25, 0.3) is 89.7 Å². The van der Waals surface area contributed by atoms with Crippen molar-refractivity contribution >= 4 is 44.1 Å². The summed E-state index contributed by atoms with van der Waals surface area (Å²) in [6.45, 7) is 0. The topological polar surface area (TPSA) is 109 Å². The maximum atomic E-state index is 5.02. The summed E-state index contributed by atoms with van der Waals surface area (Å²) in [5.74, 6) is 2.39. The van der Waals surface area contributed by atoms with Gasteiger partial charge in [0, 0.05) is 90.7 Å². The second-order valence-electron chi connectivity index (χ2n) is 9.79. The van der Waals surface area contributed by atoms with E-state index in [-0.39, 0.29) is 46.9 Å². The van der Waals surface area contributed by atoms with Crippen LogP contribution in [0.1, 0.15) is 0 Å². The molecule has 7 aromatic rings. The van der Waals surface area contributed by atoms with Crippen molar-refractivity contribution in [3.05, 3.63) is 97.1 Å². The Morgan fingerprint density at radius 3 is 0.829 bits per heavy atom. The molecule has 8 nitrogen and oxygen atoms in total. The number of fused-ring (bicyclic) bond motifs is 20. The fourth-order valence-electron chi connectivity index (χ4n) is 5.59. The summed E-state index contributed by atoms with van der Waals surface area (Å²) in [6.07, 6.45) is 0. The van der Waals surface area contributed by atoms with E-state index in [2.05, 4.69) is 9.97 Å². The Balaban J connectivity index is 0.00000256. The third-order valence-corrected chi connectivity index (χ3v) is 7.46. The minimum atomic E-state index is 0. The Morgan fingerprint density at radius 1 is 0.317 bits per heavy atom. The van der Waals surface area contributed by atoms with Gasteiger partial charge in [0.2, 0.25) is 0 Å². The van der Waals surface area contributed by atoms with Crippen molar-refractivity contribution < 1.29 is 46.9 Å². The van der Waals surface area contributed by atoms with E-state index in [1.54, 1.807) is 0 Å². The molecule has 8 bridgehead atoms. The first kappa shape index (κ1) is 24.5. The van der Waals surface area contributed by atoms with Crippen LogP contribution in [-0.4, -0.2) is 39.9 Å². The van der Waals surface area contributed by atoms with E-state index < -0.39 is 0 Å². The fourth-order valence-corrected chi connectivity index (χ4v) is 5.59. The van der Waals surface area contributed by atoms with Crippen LogP contribution in [0.2, 0.25) is 0 Å². The second-order valence-corrected chi connectivity index (χ2v) is 9.79. The van der Waals surface area contributed by atoms with Gasteiger partial charge >= 0.3 is 0 Å². The largest absolute Gasteiger partial charge is 0.324 e. The third kappa shape index (κ3) is 3.79. The molecule has 5 heterocycles. The van der Waals surface area contributed by atoms with Gasteiger partial charge in [-0.1, -0.05) is 97.1 Å². The van der Waals surface area contributed by atoms with E-state index in [9.17, 15) is 0 Å². The first-order valence-corrected chi connectivity index (χ1v) is 13.0. The van der Waals surface area contributed by atoms with Crippen molar-refractivity contribution in [2.45, 2.75) is 0 Å². The SMILES string of the molecule is [Yb].c1ccc2c(c1)-c1nc-2nc2[nH]c(nc3nc(nc4[nH]c(n1)c1ccccc41)-c1ccccc1-3)c1ccccc21. The quantitative estimate of drug-likeness (QED) is 0.180. The van der Waals surface area contributed by atoms with E-state index >= 15 is 0 Å². The molecule has 0 fully saturated rings. The third-order valence-electron chi connectivity index (χ3n) is 7.46. The maximum absolute atomic E-state index is 5.02. The average Bonchev–Trinajstić information content (AvgIpc) is 3.73. The second kappa shape index (κ2) is 9.41. The Labute approximate surface area is 271 Å². The van der Waals surface area contributed by atoms with Crippen LogP contribution in [0.5, 0.6) is 0 Å². The number of benzene rings is 4. The van der Waals surface area contributed by atoms with Crippen LogP contribution in [0, 0.1) is 46.9 Å². The molecule has 9 heteroatoms. The molecule has 41 heavy (non-hydrogen) atoms. The van der Waals surface area contributed by atoms with Crippen LogP contribution in [-0.2, 0) is 0 Å². The van der Waals surface area contributed by atoms with Crippen molar-refractivity contribution in [3.8, 4) is 45.6 Å². The zero-order valence-electron chi connectivity index (χ0n) is 21.2. The summed E-state index contributed by atoms with van der Waals surface area (Å²) in [7, 11) is 0. The van der Waals surface area contributed by atoms with Crippen LogP contribution in [0.15, 0.2) is 97.1 Å². The van der Waals surface area contributed by atoms with E-state index in [4.69, 9.17) is 29.9 Å². The first-order chi connectivity index (χ1) is 19.8. The molecular weight excluding hydrogens is 669 g/mol. The van der Waals surface area contributed by atoms with Crippen molar-refractivity contribution in [1.29, 1.82) is 0 Å². The molecule has 0 saturated heterocycles. The fraction of sp³-hybridized carbons (Fsp3) is 0. The normalized spacial score (nSPS) is 11.7. The molecule has 0 unspecified atom stereocenters. The predicted molar refractivity (Wildman–Crippen MR) is 156 cm³/mol. The molecule has 0 atom stereocenters. The summed E-state index contributed by atoms with van der Waals surface area (Å²) in [5, 5.41) is 3.82. The van der Waals surface area contributed by atoms with Crippen LogP contribution < -0.4 is 0 Å². The number of aromatic nitrogens is 8. The van der Waals surface area contributed by atoms with E-state index in [1.807, 2.05) is 97.1 Å². The maximum Gasteiger partial charge on any atom is 0.164 e. The van der Waals surface area contributed by atoms with Gasteiger partial charge in [-0.3, -0.25) is 0 Å². The average molecular weight is 688 g/mol. The number of rotatable bonds is 0. The zero-order chi connectivity index (χ0) is 26.2. The molecule has 0 spiro atoms. The number of hydrogen-bond donors (Lipinski definition) is 2. The molecule has 0 radical (unpaired) electrons. The molecule has 2 aliphatic rings. The van der Waals surface area contributed by atoms with Gasteiger partial charge in [-0.2, -0.15) is 0 Å². The van der Waals surface area contributed by atoms with Gasteiger partial charge in [0.1, 0.15) is 22.6 Å². The molecule has 0 aliphatic carbocycles. The molecule has 9 rings (SSSR count). The standard InChI is InChI=1S/C32H18N8.Yb/c1-2-10-18-17(9-1)25-33-26(18)38-28-21-13-5-6-14-22(21)30(35-28)40-32-24-16-8-7-15-23(24)31(36-32)39-29-20-12-4-3-11-19(20)27(34-29)37-25;/h1-16H,(H2,33,34,35,36,37,38,39,40);. The molecule has 0 amide bonds. The van der Waals surface area contributed by atoms with Crippen molar-refractivity contribution in [2.75, 3.05) is 0 Å². The van der Waals surface area contributed by atoms with Crippen molar-refractivity contribution in [3.63, 3.8) is 0 Å². The Bertz CT molecular complexity index is 2030. The Morgan fingerprint density at radius 2 is 0.561 bits per heavy atom. The van der Waals surface area contributed by atoms with Gasteiger partial charge in [0.15, 0.2) is 23.3 Å². The smallest absolute Gasteiger partial charge is 0.164 e. The van der Waals surface area contributed by atoms with Crippen molar-refractivity contribution in [1.82, 2.24) is 39.9 Å². The molecule has 2 aliphatic heterocycles. The number of hydrogen-bond acceptors (Lipinski definition) is 6. The summed E-state index contributed by atoms with van der Waals surface area (Å²) >= 11 is 0. The van der Waals surface area contributed by atoms with Gasteiger partial charge in [-0.15, -0.1) is 0 Å². The molecule has 2 N–H and O–H groups in total. The molecule has 200 valence electrons. The molecule has 0 saturated carbocycles. The molecule has 3 aromatic heterocycles. The monoisotopic (exact) mass is 688 g/mol. The van der Waals surface area contributed by atoms with Gasteiger partial charge in [-0.25, -0.2) is 29.9 Å². The van der Waals surface area contributed by atoms with Crippen LogP contribution in [0.3, 0.4) is 0 Å². The van der Waals surface area contributed by atoms with Gasteiger partial charge in [0.25, 0.3) is 0 Å². The number of aromatic amines is 2. The van der Waals surface area contributed by atoms with Crippen LogP contribution >= 0.6 is 0 Å². The van der Waals surface area contributed by atoms with Crippen LogP contribution in [0.4, 0.5) is 0 Å². The van der Waals surface area contributed by atoms with Gasteiger partial charge < -0.3 is 9.97 Å². The van der Waals surface area contributed by atoms with E-state index in [1.165, 1.54) is 0 Å². The number of H-pyrrole nitrogens is 2. The number of nitrogens with zero attached hydrogens (tertiary/aromatic N) is 6. The zero-order valence-corrected chi connectivity index (χ0v) is 22.9. The first-order valence-electron chi connectivity index (χ1n) is 13.0. The molecular formula is C32H18N8Yb. The summed E-state index contributed by atoms with van der Waals surface area (Å²) in [4.78, 5) is 36.8. The van der Waals surface area contributed by atoms with E-state index in [0.717, 1.165) is 43.8 Å². The predicted octanol–water partition coefficient (Wildman–Crippen LogP) is 6.87. The number of nitrogens with one attached hydrogen (secondary N) is 2. The minimum absolute atomic E-state index is 0. The Hall–Kier alpha value is -4.24. The minimum Gasteiger partial charge on any atom is -0.324 e.